The maximum Gasteiger partial charge on any atom is 0.0403 e. The minimum atomic E-state index is 1.03. The summed E-state index contributed by atoms with van der Waals surface area (Å²) < 4.78 is 2.83. The molecule has 1 aliphatic carbocycles. The first-order chi connectivity index (χ1) is 14.9. The van der Waals surface area contributed by atoms with E-state index in [-0.39, 0.29) is 0 Å². The molecule has 0 nitrogen and oxygen atoms in total. The topological polar surface area (TPSA) is 0 Å². The van der Waals surface area contributed by atoms with Crippen molar-refractivity contribution in [1.29, 1.82) is 0 Å². The zero-order valence-corrected chi connectivity index (χ0v) is 17.2. The molecular formula is C29H18S. The van der Waals surface area contributed by atoms with Crippen molar-refractivity contribution in [3.8, 4) is 22.3 Å². The van der Waals surface area contributed by atoms with Crippen LogP contribution in [0.15, 0.2) is 97.1 Å². The molecule has 5 aromatic carbocycles. The zero-order valence-electron chi connectivity index (χ0n) is 16.4. The van der Waals surface area contributed by atoms with Gasteiger partial charge in [0.25, 0.3) is 0 Å². The van der Waals surface area contributed by atoms with E-state index in [0.29, 0.717) is 0 Å². The Morgan fingerprint density at radius 3 is 2.27 bits per heavy atom. The number of hydrogen-bond acceptors (Lipinski definition) is 1. The Morgan fingerprint density at radius 2 is 1.37 bits per heavy atom. The van der Waals surface area contributed by atoms with Gasteiger partial charge < -0.3 is 0 Å². The van der Waals surface area contributed by atoms with Gasteiger partial charge in [-0.25, -0.2) is 0 Å². The third-order valence-corrected chi connectivity index (χ3v) is 7.71. The fourth-order valence-electron chi connectivity index (χ4n) is 5.17. The molecule has 0 unspecified atom stereocenters. The molecule has 7 rings (SSSR count). The van der Waals surface area contributed by atoms with Gasteiger partial charge in [-0.3, -0.25) is 0 Å². The van der Waals surface area contributed by atoms with Crippen molar-refractivity contribution in [3.05, 3.63) is 108 Å². The van der Waals surface area contributed by atoms with Crippen molar-refractivity contribution >= 4 is 42.3 Å². The Balaban J connectivity index is 1.62. The van der Waals surface area contributed by atoms with Gasteiger partial charge in [0.05, 0.1) is 0 Å². The lowest BCUT2D eigenvalue weighted by Crippen LogP contribution is -1.85. The lowest BCUT2D eigenvalue weighted by atomic mass is 9.94. The number of rotatable bonds is 1. The van der Waals surface area contributed by atoms with E-state index >= 15 is 0 Å². The van der Waals surface area contributed by atoms with Gasteiger partial charge in [0.2, 0.25) is 0 Å². The summed E-state index contributed by atoms with van der Waals surface area (Å²) in [7, 11) is 0. The van der Waals surface area contributed by atoms with E-state index in [2.05, 4.69) is 97.1 Å². The van der Waals surface area contributed by atoms with Crippen molar-refractivity contribution in [3.63, 3.8) is 0 Å². The summed E-state index contributed by atoms with van der Waals surface area (Å²) in [6.07, 6.45) is 1.03. The molecule has 0 spiro atoms. The summed E-state index contributed by atoms with van der Waals surface area (Å²) in [5.74, 6) is 0. The van der Waals surface area contributed by atoms with Crippen molar-refractivity contribution < 1.29 is 0 Å². The van der Waals surface area contributed by atoms with Gasteiger partial charge >= 0.3 is 0 Å². The van der Waals surface area contributed by atoms with Crippen molar-refractivity contribution in [2.24, 2.45) is 0 Å². The molecule has 0 fully saturated rings. The minimum absolute atomic E-state index is 1.03. The monoisotopic (exact) mass is 398 g/mol. The van der Waals surface area contributed by atoms with Crippen LogP contribution in [0.4, 0.5) is 0 Å². The fraction of sp³-hybridized carbons (Fsp3) is 0.0345. The number of fused-ring (bicyclic) bond motifs is 10. The molecule has 6 aromatic rings. The smallest absolute Gasteiger partial charge is 0.0403 e. The van der Waals surface area contributed by atoms with Crippen molar-refractivity contribution in [2.45, 2.75) is 6.42 Å². The highest BCUT2D eigenvalue weighted by Gasteiger charge is 2.25. The quantitative estimate of drug-likeness (QED) is 0.260. The van der Waals surface area contributed by atoms with E-state index in [9.17, 15) is 0 Å². The van der Waals surface area contributed by atoms with Crippen LogP contribution in [-0.2, 0) is 6.42 Å². The Kier molecular flexibility index (Phi) is 3.30. The molecule has 30 heavy (non-hydrogen) atoms. The first-order valence-corrected chi connectivity index (χ1v) is 11.2. The lowest BCUT2D eigenvalue weighted by molar-refractivity contribution is 1.29. The maximum atomic E-state index is 2.37. The van der Waals surface area contributed by atoms with Crippen molar-refractivity contribution in [2.75, 3.05) is 0 Å². The van der Waals surface area contributed by atoms with Crippen LogP contribution in [-0.4, -0.2) is 0 Å². The third kappa shape index (κ3) is 2.16. The van der Waals surface area contributed by atoms with Gasteiger partial charge in [0.1, 0.15) is 0 Å². The molecule has 1 aliphatic rings. The largest absolute Gasteiger partial charge is 0.135 e. The normalized spacial score (nSPS) is 12.5. The van der Waals surface area contributed by atoms with E-state index in [1.54, 1.807) is 0 Å². The molecule has 0 radical (unpaired) electrons. The van der Waals surface area contributed by atoms with Crippen LogP contribution in [0.2, 0.25) is 0 Å². The molecule has 0 saturated heterocycles. The molecule has 0 bridgehead atoms. The fourth-order valence-corrected chi connectivity index (χ4v) is 6.47. The number of thiophene rings is 1. The first kappa shape index (κ1) is 16.4. The van der Waals surface area contributed by atoms with Gasteiger partial charge in [-0.2, -0.15) is 0 Å². The average molecular weight is 399 g/mol. The van der Waals surface area contributed by atoms with Crippen LogP contribution in [0.5, 0.6) is 0 Å². The molecule has 0 N–H and O–H groups in total. The molecule has 0 saturated carbocycles. The molecule has 1 heterocycles. The SMILES string of the molecule is c1ccc(-c2ccc3c(c2)sc2c4c(c5ccccc5c23)-c2ccccc2C4)cc1. The van der Waals surface area contributed by atoms with Crippen LogP contribution in [0.3, 0.4) is 0 Å². The zero-order chi connectivity index (χ0) is 19.7. The molecule has 1 aromatic heterocycles. The summed E-state index contributed by atoms with van der Waals surface area (Å²) in [4.78, 5) is 0. The van der Waals surface area contributed by atoms with Gasteiger partial charge in [0.15, 0.2) is 0 Å². The first-order valence-electron chi connectivity index (χ1n) is 10.4. The van der Waals surface area contributed by atoms with E-state index in [4.69, 9.17) is 0 Å². The van der Waals surface area contributed by atoms with Crippen LogP contribution < -0.4 is 0 Å². The van der Waals surface area contributed by atoms with E-state index < -0.39 is 0 Å². The number of hydrogen-bond donors (Lipinski definition) is 0. The molecule has 140 valence electrons. The predicted octanol–water partition coefficient (Wildman–Crippen LogP) is 8.45. The second kappa shape index (κ2) is 6.04. The maximum absolute atomic E-state index is 2.37. The predicted molar refractivity (Wildman–Crippen MR) is 131 cm³/mol. The van der Waals surface area contributed by atoms with Gasteiger partial charge in [-0.1, -0.05) is 91.0 Å². The summed E-state index contributed by atoms with van der Waals surface area (Å²) in [5, 5.41) is 5.57. The Hall–Kier alpha value is -3.42. The van der Waals surface area contributed by atoms with Gasteiger partial charge in [-0.15, -0.1) is 11.3 Å². The van der Waals surface area contributed by atoms with Crippen LogP contribution in [0, 0.1) is 0 Å². The minimum Gasteiger partial charge on any atom is -0.135 e. The number of benzene rings is 5. The Bertz CT molecular complexity index is 1600. The van der Waals surface area contributed by atoms with E-state index in [0.717, 1.165) is 6.42 Å². The molecule has 0 aliphatic heterocycles. The summed E-state index contributed by atoms with van der Waals surface area (Å²) in [6, 6.07) is 35.6. The highest BCUT2D eigenvalue weighted by atomic mass is 32.1. The summed E-state index contributed by atoms with van der Waals surface area (Å²) >= 11 is 1.96. The molecule has 0 atom stereocenters. The van der Waals surface area contributed by atoms with E-state index in [1.807, 2.05) is 11.3 Å². The highest BCUT2D eigenvalue weighted by molar-refractivity contribution is 7.26. The van der Waals surface area contributed by atoms with Crippen molar-refractivity contribution in [1.82, 2.24) is 0 Å². The van der Waals surface area contributed by atoms with E-state index in [1.165, 1.54) is 64.3 Å². The van der Waals surface area contributed by atoms with Crippen LogP contribution in [0.1, 0.15) is 11.1 Å². The van der Waals surface area contributed by atoms with Crippen LogP contribution in [0.25, 0.3) is 53.2 Å². The van der Waals surface area contributed by atoms with Crippen LogP contribution >= 0.6 is 11.3 Å². The highest BCUT2D eigenvalue weighted by Crippen LogP contribution is 2.50. The lowest BCUT2D eigenvalue weighted by Gasteiger charge is -2.09. The van der Waals surface area contributed by atoms with Gasteiger partial charge in [-0.05, 0) is 50.2 Å². The standard InChI is InChI=1S/C29H18S/c1-2-8-18(9-3-1)19-14-15-24-26(17-19)30-29-25-16-20-10-4-5-11-21(20)27(25)22-12-6-7-13-23(22)28(24)29/h1-15,17H,16H2. The Labute approximate surface area is 179 Å². The summed E-state index contributed by atoms with van der Waals surface area (Å²) in [6.45, 7) is 0. The average Bonchev–Trinajstić information content (AvgIpc) is 3.38. The second-order valence-corrected chi connectivity index (χ2v) is 9.17. The summed E-state index contributed by atoms with van der Waals surface area (Å²) in [5.41, 5.74) is 8.38. The Morgan fingerprint density at radius 1 is 0.600 bits per heavy atom. The molecule has 1 heteroatoms. The van der Waals surface area contributed by atoms with Gasteiger partial charge in [0, 0.05) is 26.6 Å². The third-order valence-electron chi connectivity index (χ3n) is 6.49. The molecular weight excluding hydrogens is 380 g/mol. The second-order valence-electron chi connectivity index (χ2n) is 8.12. The molecule has 0 amide bonds.